The van der Waals surface area contributed by atoms with Crippen LogP contribution >= 0.6 is 39.0 Å². The zero-order valence-corrected chi connectivity index (χ0v) is 15.1. The predicted molar refractivity (Wildman–Crippen MR) is 88.5 cm³/mol. The SMILES string of the molecule is CCS(=O)(=O)C1CSCCN1CC(=O)c1sccc1Br. The van der Waals surface area contributed by atoms with Gasteiger partial charge in [-0.3, -0.25) is 9.69 Å². The topological polar surface area (TPSA) is 54.5 Å². The lowest BCUT2D eigenvalue weighted by Gasteiger charge is -2.33. The summed E-state index contributed by atoms with van der Waals surface area (Å²) in [6.07, 6.45) is 0. The van der Waals surface area contributed by atoms with Gasteiger partial charge in [0.25, 0.3) is 0 Å². The van der Waals surface area contributed by atoms with Crippen molar-refractivity contribution in [3.8, 4) is 0 Å². The molecule has 0 radical (unpaired) electrons. The highest BCUT2D eigenvalue weighted by molar-refractivity contribution is 9.10. The number of thiophene rings is 1. The highest BCUT2D eigenvalue weighted by Crippen LogP contribution is 2.26. The van der Waals surface area contributed by atoms with Crippen molar-refractivity contribution in [2.75, 3.05) is 30.3 Å². The van der Waals surface area contributed by atoms with Crippen LogP contribution in [0.5, 0.6) is 0 Å². The molecule has 0 N–H and O–H groups in total. The van der Waals surface area contributed by atoms with E-state index in [2.05, 4.69) is 15.9 Å². The van der Waals surface area contributed by atoms with Crippen molar-refractivity contribution >= 4 is 54.6 Å². The average molecular weight is 398 g/mol. The highest BCUT2D eigenvalue weighted by Gasteiger charge is 2.34. The second kappa shape index (κ2) is 6.91. The lowest BCUT2D eigenvalue weighted by atomic mass is 10.3. The van der Waals surface area contributed by atoms with Gasteiger partial charge in [-0.1, -0.05) is 6.92 Å². The second-order valence-corrected chi connectivity index (χ2v) is 9.84. The van der Waals surface area contributed by atoms with E-state index in [0.717, 1.165) is 10.2 Å². The minimum atomic E-state index is -3.15. The maximum absolute atomic E-state index is 12.3. The van der Waals surface area contributed by atoms with E-state index >= 15 is 0 Å². The number of rotatable bonds is 5. The Kier molecular flexibility index (Phi) is 5.70. The summed E-state index contributed by atoms with van der Waals surface area (Å²) in [5.74, 6) is 1.52. The van der Waals surface area contributed by atoms with Crippen molar-refractivity contribution in [1.82, 2.24) is 4.90 Å². The van der Waals surface area contributed by atoms with Crippen molar-refractivity contribution < 1.29 is 13.2 Å². The number of Topliss-reactive ketones (excluding diaryl/α,β-unsaturated/α-hetero) is 1. The van der Waals surface area contributed by atoms with E-state index in [1.807, 2.05) is 16.3 Å². The van der Waals surface area contributed by atoms with Gasteiger partial charge in [-0.2, -0.15) is 11.8 Å². The molecule has 0 spiro atoms. The summed E-state index contributed by atoms with van der Waals surface area (Å²) in [6, 6.07) is 1.84. The summed E-state index contributed by atoms with van der Waals surface area (Å²) in [4.78, 5) is 14.8. The fourth-order valence-corrected chi connectivity index (χ4v) is 6.67. The first-order valence-electron chi connectivity index (χ1n) is 6.25. The Bertz CT molecular complexity index is 585. The van der Waals surface area contributed by atoms with E-state index in [0.29, 0.717) is 17.2 Å². The van der Waals surface area contributed by atoms with Gasteiger partial charge in [0.2, 0.25) is 0 Å². The van der Waals surface area contributed by atoms with E-state index in [-0.39, 0.29) is 18.1 Å². The maximum atomic E-state index is 12.3. The van der Waals surface area contributed by atoms with Crippen molar-refractivity contribution in [3.63, 3.8) is 0 Å². The lowest BCUT2D eigenvalue weighted by Crippen LogP contribution is -2.49. The Morgan fingerprint density at radius 2 is 2.30 bits per heavy atom. The first-order valence-corrected chi connectivity index (χ1v) is 10.8. The van der Waals surface area contributed by atoms with E-state index in [1.54, 1.807) is 18.7 Å². The minimum Gasteiger partial charge on any atom is -0.292 e. The molecule has 1 aromatic heterocycles. The summed E-state index contributed by atoms with van der Waals surface area (Å²) in [6.45, 7) is 2.47. The Balaban J connectivity index is 2.14. The fraction of sp³-hybridized carbons (Fsp3) is 0.583. The van der Waals surface area contributed by atoms with Gasteiger partial charge in [-0.05, 0) is 27.4 Å². The molecule has 1 aromatic rings. The Morgan fingerprint density at radius 1 is 1.55 bits per heavy atom. The molecule has 0 amide bonds. The van der Waals surface area contributed by atoms with E-state index in [9.17, 15) is 13.2 Å². The van der Waals surface area contributed by atoms with Crippen LogP contribution in [0.15, 0.2) is 15.9 Å². The summed E-state index contributed by atoms with van der Waals surface area (Å²) in [5, 5.41) is 1.32. The first-order chi connectivity index (χ1) is 9.45. The standard InChI is InChI=1S/C12H16BrNO3S3/c1-2-20(16,17)11-8-18-6-4-14(11)7-10(15)12-9(13)3-5-19-12/h3,5,11H,2,4,6-8H2,1H3. The quantitative estimate of drug-likeness (QED) is 0.714. The number of hydrogen-bond acceptors (Lipinski definition) is 6. The number of thioether (sulfide) groups is 1. The summed E-state index contributed by atoms with van der Waals surface area (Å²) >= 11 is 6.37. The molecule has 4 nitrogen and oxygen atoms in total. The third-order valence-corrected chi connectivity index (χ3v) is 8.44. The smallest absolute Gasteiger partial charge is 0.187 e. The molecule has 0 aliphatic carbocycles. The number of carbonyl (C=O) groups is 1. The maximum Gasteiger partial charge on any atom is 0.187 e. The Morgan fingerprint density at radius 3 is 2.90 bits per heavy atom. The number of sulfone groups is 1. The number of ketones is 1. The normalized spacial score (nSPS) is 21.0. The molecule has 2 rings (SSSR count). The molecule has 0 bridgehead atoms. The molecule has 112 valence electrons. The van der Waals surface area contributed by atoms with Crippen LogP contribution in [0.4, 0.5) is 0 Å². The molecule has 20 heavy (non-hydrogen) atoms. The van der Waals surface area contributed by atoms with Gasteiger partial charge in [0.15, 0.2) is 15.6 Å². The molecule has 0 aromatic carbocycles. The fourth-order valence-electron chi connectivity index (χ4n) is 2.07. The van der Waals surface area contributed by atoms with Crippen LogP contribution < -0.4 is 0 Å². The zero-order chi connectivity index (χ0) is 14.8. The van der Waals surface area contributed by atoms with Gasteiger partial charge in [-0.15, -0.1) is 11.3 Å². The highest BCUT2D eigenvalue weighted by atomic mass is 79.9. The molecular weight excluding hydrogens is 382 g/mol. The van der Waals surface area contributed by atoms with E-state index in [4.69, 9.17) is 0 Å². The van der Waals surface area contributed by atoms with Crippen molar-refractivity contribution in [2.45, 2.75) is 12.3 Å². The second-order valence-electron chi connectivity index (χ2n) is 4.47. The molecule has 0 saturated carbocycles. The van der Waals surface area contributed by atoms with Crippen molar-refractivity contribution in [3.05, 3.63) is 20.8 Å². The molecular formula is C12H16BrNO3S3. The molecule has 1 atom stereocenters. The van der Waals surface area contributed by atoms with Crippen LogP contribution in [0.2, 0.25) is 0 Å². The summed E-state index contributed by atoms with van der Waals surface area (Å²) in [7, 11) is -3.15. The molecule has 2 heterocycles. The minimum absolute atomic E-state index is 0.0184. The van der Waals surface area contributed by atoms with Gasteiger partial charge in [0.1, 0.15) is 5.37 Å². The van der Waals surface area contributed by atoms with Gasteiger partial charge >= 0.3 is 0 Å². The largest absolute Gasteiger partial charge is 0.292 e. The third kappa shape index (κ3) is 3.65. The molecule has 1 aliphatic heterocycles. The van der Waals surface area contributed by atoms with Crippen LogP contribution in [0.25, 0.3) is 0 Å². The van der Waals surface area contributed by atoms with Crippen molar-refractivity contribution in [1.29, 1.82) is 0 Å². The number of nitrogens with zero attached hydrogens (tertiary/aromatic N) is 1. The number of hydrogen-bond donors (Lipinski definition) is 0. The van der Waals surface area contributed by atoms with Gasteiger partial charge in [0.05, 0.1) is 11.4 Å². The number of carbonyl (C=O) groups excluding carboxylic acids is 1. The molecule has 1 saturated heterocycles. The summed E-state index contributed by atoms with van der Waals surface area (Å²) < 4.78 is 25.0. The molecule has 8 heteroatoms. The van der Waals surface area contributed by atoms with E-state index < -0.39 is 15.2 Å². The lowest BCUT2D eigenvalue weighted by molar-refractivity contribution is 0.0931. The Hall–Kier alpha value is 0.110. The average Bonchev–Trinajstić information content (AvgIpc) is 2.85. The van der Waals surface area contributed by atoms with Gasteiger partial charge in [0, 0.05) is 28.3 Å². The van der Waals surface area contributed by atoms with Crippen LogP contribution in [0.1, 0.15) is 16.6 Å². The van der Waals surface area contributed by atoms with Crippen LogP contribution in [-0.4, -0.2) is 54.8 Å². The first kappa shape index (κ1) is 16.5. The predicted octanol–water partition coefficient (Wildman–Crippen LogP) is 2.50. The monoisotopic (exact) mass is 397 g/mol. The van der Waals surface area contributed by atoms with Crippen LogP contribution in [0.3, 0.4) is 0 Å². The molecule has 1 aliphatic rings. The van der Waals surface area contributed by atoms with Crippen molar-refractivity contribution in [2.24, 2.45) is 0 Å². The van der Waals surface area contributed by atoms with Gasteiger partial charge in [-0.25, -0.2) is 8.42 Å². The van der Waals surface area contributed by atoms with Crippen LogP contribution in [-0.2, 0) is 9.84 Å². The van der Waals surface area contributed by atoms with Crippen LogP contribution in [0, 0.1) is 0 Å². The van der Waals surface area contributed by atoms with E-state index in [1.165, 1.54) is 11.3 Å². The third-order valence-electron chi connectivity index (χ3n) is 3.22. The summed E-state index contributed by atoms with van der Waals surface area (Å²) in [5.41, 5.74) is 0. The van der Waals surface area contributed by atoms with Gasteiger partial charge < -0.3 is 0 Å². The number of halogens is 1. The molecule has 1 fully saturated rings. The molecule has 1 unspecified atom stereocenters. The zero-order valence-electron chi connectivity index (χ0n) is 11.0. The Labute approximate surface area is 136 Å².